The van der Waals surface area contributed by atoms with Crippen molar-refractivity contribution in [2.75, 3.05) is 13.2 Å². The highest BCUT2D eigenvalue weighted by molar-refractivity contribution is 14.1. The van der Waals surface area contributed by atoms with Crippen LogP contribution in [-0.4, -0.2) is 28.2 Å². The quantitative estimate of drug-likeness (QED) is 0.797. The third kappa shape index (κ3) is 1.70. The van der Waals surface area contributed by atoms with Crippen molar-refractivity contribution in [3.05, 3.63) is 9.39 Å². The molecule has 0 bridgehead atoms. The fraction of sp³-hybridized carbons (Fsp3) is 0.714. The number of rotatable bonds is 2. The van der Waals surface area contributed by atoms with Gasteiger partial charge in [0.25, 0.3) is 0 Å². The van der Waals surface area contributed by atoms with Crippen molar-refractivity contribution in [3.63, 3.8) is 0 Å². The van der Waals surface area contributed by atoms with E-state index < -0.39 is 0 Å². The van der Waals surface area contributed by atoms with E-state index in [1.165, 1.54) is 0 Å². The molecule has 1 saturated heterocycles. The molecular weight excluding hydrogens is 283 g/mol. The number of hydrogen-bond acceptors (Lipinski definition) is 4. The third-order valence-corrected chi connectivity index (χ3v) is 3.26. The maximum atomic E-state index is 5.51. The fourth-order valence-electron chi connectivity index (χ4n) is 1.39. The molecular formula is C7H11IN4O. The lowest BCUT2D eigenvalue weighted by Gasteiger charge is -2.07. The molecule has 0 aromatic carbocycles. The molecule has 0 spiro atoms. The first-order chi connectivity index (χ1) is 6.33. The lowest BCUT2D eigenvalue weighted by atomic mass is 10.3. The summed E-state index contributed by atoms with van der Waals surface area (Å²) in [5.74, 6) is 0. The SMILES string of the molecule is NCc1nnn(C2CCOC2)c1I. The normalized spacial score (nSPS) is 22.5. The summed E-state index contributed by atoms with van der Waals surface area (Å²) in [4.78, 5) is 0. The lowest BCUT2D eigenvalue weighted by molar-refractivity contribution is 0.183. The van der Waals surface area contributed by atoms with Gasteiger partial charge >= 0.3 is 0 Å². The Balaban J connectivity index is 2.24. The molecule has 2 heterocycles. The van der Waals surface area contributed by atoms with Crippen LogP contribution in [0.4, 0.5) is 0 Å². The average molecular weight is 294 g/mol. The van der Waals surface area contributed by atoms with Gasteiger partial charge < -0.3 is 10.5 Å². The Hall–Kier alpha value is -0.210. The Labute approximate surface area is 89.8 Å². The summed E-state index contributed by atoms with van der Waals surface area (Å²) in [7, 11) is 0. The van der Waals surface area contributed by atoms with E-state index in [1.807, 2.05) is 4.68 Å². The van der Waals surface area contributed by atoms with E-state index >= 15 is 0 Å². The molecule has 1 aliphatic rings. The molecule has 72 valence electrons. The van der Waals surface area contributed by atoms with Crippen molar-refractivity contribution >= 4 is 22.6 Å². The number of nitrogens with zero attached hydrogens (tertiary/aromatic N) is 3. The van der Waals surface area contributed by atoms with Crippen LogP contribution in [0.25, 0.3) is 0 Å². The van der Waals surface area contributed by atoms with Crippen molar-refractivity contribution in [2.24, 2.45) is 5.73 Å². The molecule has 1 aromatic rings. The summed E-state index contributed by atoms with van der Waals surface area (Å²) in [5, 5.41) is 8.07. The van der Waals surface area contributed by atoms with Crippen LogP contribution in [0.5, 0.6) is 0 Å². The predicted octanol–water partition coefficient (Wildman–Crippen LogP) is 0.303. The first-order valence-corrected chi connectivity index (χ1v) is 5.28. The van der Waals surface area contributed by atoms with Crippen LogP contribution < -0.4 is 5.73 Å². The van der Waals surface area contributed by atoms with Crippen molar-refractivity contribution in [2.45, 2.75) is 19.0 Å². The molecule has 0 aliphatic carbocycles. The van der Waals surface area contributed by atoms with E-state index in [0.717, 1.165) is 29.0 Å². The predicted molar refractivity (Wildman–Crippen MR) is 55.1 cm³/mol. The van der Waals surface area contributed by atoms with Gasteiger partial charge in [-0.15, -0.1) is 5.10 Å². The monoisotopic (exact) mass is 294 g/mol. The molecule has 1 fully saturated rings. The zero-order valence-corrected chi connectivity index (χ0v) is 9.27. The number of halogens is 1. The molecule has 2 rings (SSSR count). The van der Waals surface area contributed by atoms with E-state index in [0.29, 0.717) is 12.6 Å². The molecule has 2 N–H and O–H groups in total. The van der Waals surface area contributed by atoms with E-state index in [9.17, 15) is 0 Å². The van der Waals surface area contributed by atoms with Crippen LogP contribution in [0, 0.1) is 3.70 Å². The molecule has 0 radical (unpaired) electrons. The minimum absolute atomic E-state index is 0.347. The van der Waals surface area contributed by atoms with E-state index in [4.69, 9.17) is 10.5 Å². The van der Waals surface area contributed by atoms with Gasteiger partial charge in [0, 0.05) is 13.2 Å². The Bertz CT molecular complexity index is 295. The van der Waals surface area contributed by atoms with E-state index in [-0.39, 0.29) is 0 Å². The van der Waals surface area contributed by atoms with Crippen LogP contribution in [0.1, 0.15) is 18.2 Å². The minimum atomic E-state index is 0.347. The molecule has 0 saturated carbocycles. The molecule has 13 heavy (non-hydrogen) atoms. The van der Waals surface area contributed by atoms with Crippen LogP contribution in [0.15, 0.2) is 0 Å². The fourth-order valence-corrected chi connectivity index (χ4v) is 2.21. The minimum Gasteiger partial charge on any atom is -0.379 e. The van der Waals surface area contributed by atoms with Gasteiger partial charge in [-0.25, -0.2) is 4.68 Å². The molecule has 0 amide bonds. The van der Waals surface area contributed by atoms with Gasteiger partial charge in [-0.3, -0.25) is 0 Å². The standard InChI is InChI=1S/C7H11IN4O/c8-7-6(3-9)10-11-12(7)5-1-2-13-4-5/h5H,1-4,9H2. The molecule has 5 nitrogen and oxygen atoms in total. The van der Waals surface area contributed by atoms with Gasteiger partial charge in [-0.1, -0.05) is 5.21 Å². The molecule has 1 aliphatic heterocycles. The molecule has 1 atom stereocenters. The van der Waals surface area contributed by atoms with Crippen LogP contribution >= 0.6 is 22.6 Å². The molecule has 6 heteroatoms. The summed E-state index contributed by atoms with van der Waals surface area (Å²) >= 11 is 2.23. The molecule has 1 aromatic heterocycles. The van der Waals surface area contributed by atoms with Gasteiger partial charge in [-0.05, 0) is 29.0 Å². The van der Waals surface area contributed by atoms with Gasteiger partial charge in [0.05, 0.1) is 12.6 Å². The smallest absolute Gasteiger partial charge is 0.124 e. The zero-order valence-electron chi connectivity index (χ0n) is 7.11. The van der Waals surface area contributed by atoms with Gasteiger partial charge in [0.1, 0.15) is 9.39 Å². The third-order valence-electron chi connectivity index (χ3n) is 2.15. The Morgan fingerprint density at radius 2 is 2.54 bits per heavy atom. The van der Waals surface area contributed by atoms with Crippen molar-refractivity contribution in [1.29, 1.82) is 0 Å². The highest BCUT2D eigenvalue weighted by atomic mass is 127. The Morgan fingerprint density at radius 3 is 3.08 bits per heavy atom. The van der Waals surface area contributed by atoms with Crippen molar-refractivity contribution in [3.8, 4) is 0 Å². The maximum absolute atomic E-state index is 5.51. The highest BCUT2D eigenvalue weighted by Crippen LogP contribution is 2.21. The average Bonchev–Trinajstić information content (AvgIpc) is 2.72. The van der Waals surface area contributed by atoms with Gasteiger partial charge in [-0.2, -0.15) is 0 Å². The maximum Gasteiger partial charge on any atom is 0.124 e. The Morgan fingerprint density at radius 1 is 1.69 bits per heavy atom. The highest BCUT2D eigenvalue weighted by Gasteiger charge is 2.22. The van der Waals surface area contributed by atoms with Crippen LogP contribution in [0.2, 0.25) is 0 Å². The first kappa shape index (κ1) is 9.35. The second-order valence-electron chi connectivity index (χ2n) is 2.99. The summed E-state index contributed by atoms with van der Waals surface area (Å²) in [6, 6.07) is 0.347. The van der Waals surface area contributed by atoms with Gasteiger partial charge in [0.2, 0.25) is 0 Å². The number of ether oxygens (including phenoxy) is 1. The Kier molecular flexibility index (Phi) is 2.80. The van der Waals surface area contributed by atoms with E-state index in [2.05, 4.69) is 32.9 Å². The number of aromatic nitrogens is 3. The van der Waals surface area contributed by atoms with Crippen LogP contribution in [-0.2, 0) is 11.3 Å². The summed E-state index contributed by atoms with van der Waals surface area (Å²) in [6.07, 6.45) is 1.02. The second kappa shape index (κ2) is 3.89. The summed E-state index contributed by atoms with van der Waals surface area (Å²) in [6.45, 7) is 2.01. The van der Waals surface area contributed by atoms with Crippen molar-refractivity contribution < 1.29 is 4.74 Å². The lowest BCUT2D eigenvalue weighted by Crippen LogP contribution is -2.12. The summed E-state index contributed by atoms with van der Waals surface area (Å²) in [5.41, 5.74) is 6.38. The first-order valence-electron chi connectivity index (χ1n) is 4.20. The van der Waals surface area contributed by atoms with Crippen molar-refractivity contribution in [1.82, 2.24) is 15.0 Å². The molecule has 1 unspecified atom stereocenters. The van der Waals surface area contributed by atoms with Gasteiger partial charge in [0.15, 0.2) is 0 Å². The topological polar surface area (TPSA) is 66.0 Å². The summed E-state index contributed by atoms with van der Waals surface area (Å²) < 4.78 is 8.24. The van der Waals surface area contributed by atoms with E-state index in [1.54, 1.807) is 0 Å². The largest absolute Gasteiger partial charge is 0.379 e. The zero-order chi connectivity index (χ0) is 9.26. The second-order valence-corrected chi connectivity index (χ2v) is 4.01. The number of nitrogens with two attached hydrogens (primary N) is 1. The van der Waals surface area contributed by atoms with Crippen LogP contribution in [0.3, 0.4) is 0 Å². The number of hydrogen-bond donors (Lipinski definition) is 1.